The van der Waals surface area contributed by atoms with Gasteiger partial charge in [0.05, 0.1) is 15.9 Å². The van der Waals surface area contributed by atoms with E-state index in [1.807, 2.05) is 43.3 Å². The molecule has 1 aliphatic carbocycles. The van der Waals surface area contributed by atoms with Crippen molar-refractivity contribution in [2.75, 3.05) is 13.2 Å². The first kappa shape index (κ1) is 23.8. The van der Waals surface area contributed by atoms with Gasteiger partial charge in [0, 0.05) is 28.1 Å². The second-order valence-electron chi connectivity index (χ2n) is 10.1. The Balaban J connectivity index is 1.32. The number of hydrogen-bond donors (Lipinski definition) is 2. The molecule has 1 saturated carbocycles. The Bertz CT molecular complexity index is 1520. The molecule has 7 heteroatoms. The highest BCUT2D eigenvalue weighted by Gasteiger charge is 2.47. The fraction of sp³-hybridized carbons (Fsp3) is 0.300. The zero-order valence-electron chi connectivity index (χ0n) is 21.0. The molecule has 1 aliphatic heterocycles. The molecule has 4 aromatic rings. The molecule has 6 nitrogen and oxygen atoms in total. The van der Waals surface area contributed by atoms with Gasteiger partial charge in [-0.25, -0.2) is 0 Å². The zero-order chi connectivity index (χ0) is 25.6. The van der Waals surface area contributed by atoms with Gasteiger partial charge in [-0.15, -0.1) is 11.3 Å². The van der Waals surface area contributed by atoms with Crippen LogP contribution in [0.5, 0.6) is 5.75 Å². The van der Waals surface area contributed by atoms with Crippen LogP contribution in [-0.4, -0.2) is 35.9 Å². The van der Waals surface area contributed by atoms with Gasteiger partial charge in [-0.1, -0.05) is 12.1 Å². The first-order valence-corrected chi connectivity index (χ1v) is 13.5. The van der Waals surface area contributed by atoms with E-state index < -0.39 is 5.54 Å². The SMILES string of the molecule is CC(=O)c1ccc(-c2cc(C3(NC(=O)c4cc(OCC5CCN5)ccc4C)CC3)c3cccnc3c2)s1. The predicted octanol–water partition coefficient (Wildman–Crippen LogP) is 5.63. The Labute approximate surface area is 220 Å². The third kappa shape index (κ3) is 4.65. The molecule has 188 valence electrons. The fourth-order valence-corrected chi connectivity index (χ4v) is 5.79. The van der Waals surface area contributed by atoms with E-state index in [0.29, 0.717) is 24.0 Å². The lowest BCUT2D eigenvalue weighted by Gasteiger charge is -2.27. The molecule has 2 aliphatic rings. The van der Waals surface area contributed by atoms with Crippen LogP contribution in [0.15, 0.2) is 60.8 Å². The Morgan fingerprint density at radius 2 is 2.00 bits per heavy atom. The number of hydrogen-bond acceptors (Lipinski definition) is 6. The summed E-state index contributed by atoms with van der Waals surface area (Å²) >= 11 is 1.49. The van der Waals surface area contributed by atoms with Gasteiger partial charge in [0.1, 0.15) is 12.4 Å². The van der Waals surface area contributed by atoms with Gasteiger partial charge in [-0.05, 0) is 98.8 Å². The number of rotatable bonds is 8. The topological polar surface area (TPSA) is 80.3 Å². The maximum absolute atomic E-state index is 13.6. The molecule has 3 heterocycles. The zero-order valence-corrected chi connectivity index (χ0v) is 21.8. The van der Waals surface area contributed by atoms with Crippen molar-refractivity contribution in [3.05, 3.63) is 82.4 Å². The van der Waals surface area contributed by atoms with Gasteiger partial charge in [0.2, 0.25) is 0 Å². The summed E-state index contributed by atoms with van der Waals surface area (Å²) in [6.45, 7) is 5.18. The number of nitrogens with one attached hydrogen (secondary N) is 2. The highest BCUT2D eigenvalue weighted by molar-refractivity contribution is 7.17. The van der Waals surface area contributed by atoms with Gasteiger partial charge >= 0.3 is 0 Å². The average Bonchev–Trinajstić information content (AvgIpc) is 3.46. The molecule has 2 aromatic heterocycles. The number of thiophene rings is 1. The molecule has 2 aromatic carbocycles. The van der Waals surface area contributed by atoms with Gasteiger partial charge in [-0.3, -0.25) is 14.6 Å². The summed E-state index contributed by atoms with van der Waals surface area (Å²) in [6, 6.07) is 18.2. The lowest BCUT2D eigenvalue weighted by molar-refractivity contribution is 0.0929. The maximum Gasteiger partial charge on any atom is 0.252 e. The van der Waals surface area contributed by atoms with Crippen LogP contribution >= 0.6 is 11.3 Å². The number of aromatic nitrogens is 1. The molecular formula is C30H29N3O3S. The predicted molar refractivity (Wildman–Crippen MR) is 147 cm³/mol. The molecule has 2 N–H and O–H groups in total. The van der Waals surface area contributed by atoms with Crippen LogP contribution in [-0.2, 0) is 5.54 Å². The quantitative estimate of drug-likeness (QED) is 0.300. The van der Waals surface area contributed by atoms with Crippen LogP contribution in [0.1, 0.15) is 57.3 Å². The number of carbonyl (C=O) groups is 2. The summed E-state index contributed by atoms with van der Waals surface area (Å²) in [4.78, 5) is 31.8. The first-order valence-electron chi connectivity index (χ1n) is 12.7. The molecule has 6 rings (SSSR count). The molecule has 1 saturated heterocycles. The number of amides is 1. The van der Waals surface area contributed by atoms with Crippen molar-refractivity contribution in [3.63, 3.8) is 0 Å². The van der Waals surface area contributed by atoms with E-state index in [9.17, 15) is 9.59 Å². The second kappa shape index (κ2) is 9.39. The van der Waals surface area contributed by atoms with Crippen molar-refractivity contribution in [3.8, 4) is 16.2 Å². The van der Waals surface area contributed by atoms with E-state index in [1.165, 1.54) is 11.3 Å². The Morgan fingerprint density at radius 1 is 1.16 bits per heavy atom. The smallest absolute Gasteiger partial charge is 0.252 e. The average molecular weight is 512 g/mol. The molecule has 37 heavy (non-hydrogen) atoms. The standard InChI is InChI=1S/C30H29N3O3S/c1-18-5-6-22(36-17-21-9-13-31-21)16-24(18)29(35)33-30(10-11-30)25-14-20(15-26-23(25)4-3-12-32-26)28-8-7-27(37-28)19(2)34/h3-8,12,14-16,21,31H,9-11,13,17H2,1-2H3,(H,33,35). The van der Waals surface area contributed by atoms with Crippen molar-refractivity contribution < 1.29 is 14.3 Å². The van der Waals surface area contributed by atoms with Crippen molar-refractivity contribution in [2.45, 2.75) is 44.7 Å². The summed E-state index contributed by atoms with van der Waals surface area (Å²) in [6.07, 6.45) is 4.62. The number of carbonyl (C=O) groups excluding carboxylic acids is 2. The third-order valence-corrected chi connectivity index (χ3v) is 8.64. The first-order chi connectivity index (χ1) is 17.9. The number of aryl methyl sites for hydroxylation is 1. The minimum absolute atomic E-state index is 0.0619. The molecule has 0 bridgehead atoms. The lowest BCUT2D eigenvalue weighted by Crippen LogP contribution is -2.46. The normalized spacial score (nSPS) is 17.7. The minimum atomic E-state index is -0.450. The summed E-state index contributed by atoms with van der Waals surface area (Å²) < 4.78 is 5.95. The number of benzene rings is 2. The molecule has 0 spiro atoms. The highest BCUT2D eigenvalue weighted by atomic mass is 32.1. The van der Waals surface area contributed by atoms with E-state index in [4.69, 9.17) is 4.74 Å². The number of fused-ring (bicyclic) bond motifs is 1. The summed E-state index contributed by atoms with van der Waals surface area (Å²) in [5.74, 6) is 0.677. The monoisotopic (exact) mass is 511 g/mol. The summed E-state index contributed by atoms with van der Waals surface area (Å²) in [5.41, 5.74) is 4.06. The lowest BCUT2D eigenvalue weighted by atomic mass is 9.95. The molecular weight excluding hydrogens is 482 g/mol. The summed E-state index contributed by atoms with van der Waals surface area (Å²) in [5, 5.41) is 7.73. The van der Waals surface area contributed by atoms with Crippen LogP contribution in [0.3, 0.4) is 0 Å². The van der Waals surface area contributed by atoms with Gasteiger partial charge < -0.3 is 15.4 Å². The number of ketones is 1. The molecule has 1 amide bonds. The number of pyridine rings is 1. The number of ether oxygens (including phenoxy) is 1. The van der Waals surface area contributed by atoms with Crippen molar-refractivity contribution in [1.29, 1.82) is 0 Å². The van der Waals surface area contributed by atoms with Crippen LogP contribution in [0, 0.1) is 6.92 Å². The van der Waals surface area contributed by atoms with Gasteiger partial charge in [0.25, 0.3) is 5.91 Å². The van der Waals surface area contributed by atoms with Crippen LogP contribution in [0.25, 0.3) is 21.3 Å². The molecule has 1 atom stereocenters. The van der Waals surface area contributed by atoms with E-state index in [1.54, 1.807) is 13.1 Å². The fourth-order valence-electron chi connectivity index (χ4n) is 4.90. The Kier molecular flexibility index (Phi) is 6.05. The second-order valence-corrected chi connectivity index (χ2v) is 11.2. The Hall–Kier alpha value is -3.55. The molecule has 0 radical (unpaired) electrons. The van der Waals surface area contributed by atoms with E-state index in [-0.39, 0.29) is 11.7 Å². The Morgan fingerprint density at radius 3 is 2.70 bits per heavy atom. The van der Waals surface area contributed by atoms with Crippen molar-refractivity contribution >= 4 is 33.9 Å². The van der Waals surface area contributed by atoms with E-state index in [0.717, 1.165) is 63.2 Å². The summed E-state index contributed by atoms with van der Waals surface area (Å²) in [7, 11) is 0. The van der Waals surface area contributed by atoms with Crippen LogP contribution in [0.2, 0.25) is 0 Å². The highest BCUT2D eigenvalue weighted by Crippen LogP contribution is 2.49. The minimum Gasteiger partial charge on any atom is -0.492 e. The van der Waals surface area contributed by atoms with Crippen LogP contribution in [0.4, 0.5) is 0 Å². The molecule has 1 unspecified atom stereocenters. The number of Topliss-reactive ketones (excluding diaryl/α,β-unsaturated/α-hetero) is 1. The maximum atomic E-state index is 13.6. The van der Waals surface area contributed by atoms with Gasteiger partial charge in [0.15, 0.2) is 5.78 Å². The molecule has 2 fully saturated rings. The third-order valence-electron chi connectivity index (χ3n) is 7.41. The van der Waals surface area contributed by atoms with Crippen LogP contribution < -0.4 is 15.4 Å². The largest absolute Gasteiger partial charge is 0.492 e. The number of nitrogens with zero attached hydrogens (tertiary/aromatic N) is 1. The van der Waals surface area contributed by atoms with E-state index in [2.05, 4.69) is 33.8 Å². The van der Waals surface area contributed by atoms with E-state index >= 15 is 0 Å². The van der Waals surface area contributed by atoms with Gasteiger partial charge in [-0.2, -0.15) is 0 Å². The van der Waals surface area contributed by atoms with Crippen molar-refractivity contribution in [1.82, 2.24) is 15.6 Å². The van der Waals surface area contributed by atoms with Crippen molar-refractivity contribution in [2.24, 2.45) is 0 Å².